The normalized spacial score (nSPS) is 20.7. The molecule has 2 heterocycles. The average Bonchev–Trinajstić information content (AvgIpc) is 3.40. The van der Waals surface area contributed by atoms with E-state index in [0.717, 1.165) is 12.8 Å². The third kappa shape index (κ3) is 6.04. The topological polar surface area (TPSA) is 45.5 Å². The quantitative estimate of drug-likeness (QED) is 0.359. The Morgan fingerprint density at radius 2 is 1.91 bits per heavy atom. The Balaban J connectivity index is 1.37. The van der Waals surface area contributed by atoms with Crippen LogP contribution in [0.5, 0.6) is 0 Å². The molecule has 1 aliphatic heterocycles. The number of imidazole rings is 1. The number of halogens is 3. The lowest BCUT2D eigenvalue weighted by atomic mass is 10.0. The highest BCUT2D eigenvalue weighted by molar-refractivity contribution is 6.39. The number of aromatic nitrogens is 2. The number of benzene rings is 2. The number of ether oxygens (including phenoxy) is 3. The molecule has 1 aliphatic rings. The molecule has 8 heteroatoms. The van der Waals surface area contributed by atoms with E-state index in [1.165, 1.54) is 11.1 Å². The lowest BCUT2D eigenvalue weighted by Crippen LogP contribution is -2.37. The van der Waals surface area contributed by atoms with Crippen molar-refractivity contribution in [1.82, 2.24) is 9.55 Å². The van der Waals surface area contributed by atoms with Crippen LogP contribution in [0.25, 0.3) is 0 Å². The molecule has 0 saturated carbocycles. The van der Waals surface area contributed by atoms with Crippen molar-refractivity contribution in [3.63, 3.8) is 0 Å². The summed E-state index contributed by atoms with van der Waals surface area (Å²) in [4.78, 5) is 4.14. The Hall–Kier alpha value is -1.60. The SMILES string of the molecule is Cc1ccc(CCC2(Cn3ccnc3)OCC(COCc3c(Cl)cc(Cl)cc3Cl)O2)cc1. The van der Waals surface area contributed by atoms with Gasteiger partial charge in [-0.15, -0.1) is 0 Å². The molecule has 32 heavy (non-hydrogen) atoms. The average molecular weight is 496 g/mol. The van der Waals surface area contributed by atoms with Gasteiger partial charge in [0.2, 0.25) is 0 Å². The minimum Gasteiger partial charge on any atom is -0.374 e. The van der Waals surface area contributed by atoms with Crippen molar-refractivity contribution in [3.8, 4) is 0 Å². The van der Waals surface area contributed by atoms with Crippen molar-refractivity contribution < 1.29 is 14.2 Å². The second-order valence-electron chi connectivity index (χ2n) is 8.05. The molecule has 2 aromatic carbocycles. The minimum atomic E-state index is -0.741. The molecule has 3 aromatic rings. The van der Waals surface area contributed by atoms with E-state index >= 15 is 0 Å². The maximum atomic E-state index is 6.40. The number of aryl methyl sites for hydroxylation is 2. The summed E-state index contributed by atoms with van der Waals surface area (Å²) in [5, 5.41) is 1.46. The molecule has 0 spiro atoms. The first-order valence-corrected chi connectivity index (χ1v) is 11.6. The van der Waals surface area contributed by atoms with Crippen molar-refractivity contribution in [3.05, 3.63) is 86.9 Å². The predicted octanol–water partition coefficient (Wildman–Crippen LogP) is 6.11. The van der Waals surface area contributed by atoms with Crippen LogP contribution in [0.15, 0.2) is 55.1 Å². The van der Waals surface area contributed by atoms with Crippen LogP contribution in [-0.2, 0) is 33.8 Å². The van der Waals surface area contributed by atoms with Crippen molar-refractivity contribution >= 4 is 34.8 Å². The van der Waals surface area contributed by atoms with Gasteiger partial charge in [0.25, 0.3) is 0 Å². The molecule has 1 aromatic heterocycles. The van der Waals surface area contributed by atoms with E-state index in [-0.39, 0.29) is 12.7 Å². The highest BCUT2D eigenvalue weighted by atomic mass is 35.5. The Labute approximate surface area is 203 Å². The lowest BCUT2D eigenvalue weighted by molar-refractivity contribution is -0.187. The zero-order valence-electron chi connectivity index (χ0n) is 17.8. The molecule has 0 aliphatic carbocycles. The van der Waals surface area contributed by atoms with Gasteiger partial charge in [-0.1, -0.05) is 64.6 Å². The highest BCUT2D eigenvalue weighted by Crippen LogP contribution is 2.32. The van der Waals surface area contributed by atoms with E-state index in [9.17, 15) is 0 Å². The standard InChI is InChI=1S/C24H25Cl3N2O3/c1-17-2-4-18(5-3-17)6-7-24(15-29-9-8-28-16-29)31-13-20(32-24)12-30-14-21-22(26)10-19(25)11-23(21)27/h2-5,8-11,16,20H,6-7,12-15H2,1H3. The molecule has 2 atom stereocenters. The summed E-state index contributed by atoms with van der Waals surface area (Å²) in [5.41, 5.74) is 3.20. The van der Waals surface area contributed by atoms with Gasteiger partial charge in [-0.05, 0) is 31.0 Å². The van der Waals surface area contributed by atoms with Crippen molar-refractivity contribution in [2.24, 2.45) is 0 Å². The van der Waals surface area contributed by atoms with Gasteiger partial charge in [0.15, 0.2) is 5.79 Å². The smallest absolute Gasteiger partial charge is 0.187 e. The van der Waals surface area contributed by atoms with Crippen LogP contribution in [0.2, 0.25) is 15.1 Å². The third-order valence-electron chi connectivity index (χ3n) is 5.47. The number of hydrogen-bond acceptors (Lipinski definition) is 4. The zero-order valence-corrected chi connectivity index (χ0v) is 20.0. The van der Waals surface area contributed by atoms with Crippen LogP contribution in [0.4, 0.5) is 0 Å². The van der Waals surface area contributed by atoms with E-state index in [4.69, 9.17) is 49.0 Å². The third-order valence-corrected chi connectivity index (χ3v) is 6.36. The van der Waals surface area contributed by atoms with Gasteiger partial charge >= 0.3 is 0 Å². The molecule has 1 fully saturated rings. The molecule has 2 unspecified atom stereocenters. The van der Waals surface area contributed by atoms with E-state index in [2.05, 4.69) is 36.2 Å². The summed E-state index contributed by atoms with van der Waals surface area (Å²) in [5.74, 6) is -0.741. The Bertz CT molecular complexity index is 1000. The van der Waals surface area contributed by atoms with Gasteiger partial charge < -0.3 is 18.8 Å². The fourth-order valence-corrected chi connectivity index (χ4v) is 4.67. The summed E-state index contributed by atoms with van der Waals surface area (Å²) >= 11 is 18.5. The van der Waals surface area contributed by atoms with Crippen molar-refractivity contribution in [2.75, 3.05) is 13.2 Å². The first-order chi connectivity index (χ1) is 15.4. The lowest BCUT2D eigenvalue weighted by Gasteiger charge is -2.28. The summed E-state index contributed by atoms with van der Waals surface area (Å²) in [7, 11) is 0. The summed E-state index contributed by atoms with van der Waals surface area (Å²) in [6, 6.07) is 11.9. The fourth-order valence-electron chi connectivity index (χ4n) is 3.74. The van der Waals surface area contributed by atoms with Crippen LogP contribution in [-0.4, -0.2) is 34.7 Å². The maximum absolute atomic E-state index is 6.40. The van der Waals surface area contributed by atoms with Crippen LogP contribution >= 0.6 is 34.8 Å². The molecule has 0 bridgehead atoms. The van der Waals surface area contributed by atoms with Crippen molar-refractivity contribution in [2.45, 2.75) is 44.8 Å². The second kappa shape index (κ2) is 10.6. The van der Waals surface area contributed by atoms with Gasteiger partial charge in [0.05, 0.1) is 32.7 Å². The Kier molecular flexibility index (Phi) is 7.77. The van der Waals surface area contributed by atoms with E-state index in [0.29, 0.717) is 40.4 Å². The molecule has 170 valence electrons. The molecular formula is C24H25Cl3N2O3. The Morgan fingerprint density at radius 1 is 1.16 bits per heavy atom. The van der Waals surface area contributed by atoms with E-state index in [1.807, 2.05) is 10.8 Å². The van der Waals surface area contributed by atoms with E-state index < -0.39 is 5.79 Å². The zero-order chi connectivity index (χ0) is 22.6. The molecule has 5 nitrogen and oxygen atoms in total. The van der Waals surface area contributed by atoms with Crippen LogP contribution in [0.1, 0.15) is 23.1 Å². The fraction of sp³-hybridized carbons (Fsp3) is 0.375. The van der Waals surface area contributed by atoms with Gasteiger partial charge in [-0.25, -0.2) is 4.98 Å². The largest absolute Gasteiger partial charge is 0.374 e. The molecule has 4 rings (SSSR count). The number of nitrogens with zero attached hydrogens (tertiary/aromatic N) is 2. The van der Waals surface area contributed by atoms with E-state index in [1.54, 1.807) is 24.7 Å². The Morgan fingerprint density at radius 3 is 2.59 bits per heavy atom. The summed E-state index contributed by atoms with van der Waals surface area (Å²) < 4.78 is 20.5. The number of rotatable bonds is 9. The molecule has 1 saturated heterocycles. The monoisotopic (exact) mass is 494 g/mol. The van der Waals surface area contributed by atoms with Gasteiger partial charge in [0, 0.05) is 39.4 Å². The first kappa shape index (κ1) is 23.6. The van der Waals surface area contributed by atoms with Gasteiger partial charge in [0.1, 0.15) is 6.10 Å². The second-order valence-corrected chi connectivity index (χ2v) is 9.30. The first-order valence-electron chi connectivity index (χ1n) is 10.5. The maximum Gasteiger partial charge on any atom is 0.187 e. The van der Waals surface area contributed by atoms with Gasteiger partial charge in [-0.3, -0.25) is 0 Å². The van der Waals surface area contributed by atoms with Crippen LogP contribution in [0.3, 0.4) is 0 Å². The summed E-state index contributed by atoms with van der Waals surface area (Å²) in [6.45, 7) is 3.73. The number of hydrogen-bond donors (Lipinski definition) is 0. The minimum absolute atomic E-state index is 0.193. The predicted molar refractivity (Wildman–Crippen MR) is 126 cm³/mol. The van der Waals surface area contributed by atoms with Gasteiger partial charge in [-0.2, -0.15) is 0 Å². The highest BCUT2D eigenvalue weighted by Gasteiger charge is 2.41. The van der Waals surface area contributed by atoms with Crippen LogP contribution in [0, 0.1) is 6.92 Å². The molecule has 0 N–H and O–H groups in total. The van der Waals surface area contributed by atoms with Crippen LogP contribution < -0.4 is 0 Å². The molecule has 0 amide bonds. The van der Waals surface area contributed by atoms with Crippen molar-refractivity contribution in [1.29, 1.82) is 0 Å². The summed E-state index contributed by atoms with van der Waals surface area (Å²) in [6.07, 6.45) is 6.81. The molecule has 0 radical (unpaired) electrons. The molecular weight excluding hydrogens is 471 g/mol.